The van der Waals surface area contributed by atoms with Crippen molar-refractivity contribution in [3.8, 4) is 11.5 Å². The summed E-state index contributed by atoms with van der Waals surface area (Å²) >= 11 is 7.82. The molecule has 0 unspecified atom stereocenters. The molecule has 27 heavy (non-hydrogen) atoms. The Labute approximate surface area is 167 Å². The minimum atomic E-state index is 0.123. The van der Waals surface area contributed by atoms with Gasteiger partial charge < -0.3 is 9.15 Å². The zero-order chi connectivity index (χ0) is 18.5. The summed E-state index contributed by atoms with van der Waals surface area (Å²) in [6.07, 6.45) is 0.123. The summed E-state index contributed by atoms with van der Waals surface area (Å²) in [6, 6.07) is 17.8. The lowest BCUT2D eigenvalue weighted by molar-refractivity contribution is -0.0187. The van der Waals surface area contributed by atoms with Crippen LogP contribution in [0.25, 0.3) is 11.5 Å². The maximum absolute atomic E-state index is 6.28. The van der Waals surface area contributed by atoms with Gasteiger partial charge in [0.05, 0.1) is 12.7 Å². The van der Waals surface area contributed by atoms with Crippen molar-refractivity contribution < 1.29 is 9.15 Å². The molecule has 1 atom stereocenters. The molecule has 1 aromatic heterocycles. The fourth-order valence-corrected chi connectivity index (χ4v) is 3.98. The molecule has 140 valence electrons. The van der Waals surface area contributed by atoms with E-state index in [2.05, 4.69) is 21.2 Å². The van der Waals surface area contributed by atoms with Crippen LogP contribution in [0.2, 0.25) is 5.02 Å². The second kappa shape index (κ2) is 8.89. The van der Waals surface area contributed by atoms with E-state index in [0.29, 0.717) is 11.1 Å². The number of aromatic nitrogens is 2. The van der Waals surface area contributed by atoms with Gasteiger partial charge >= 0.3 is 0 Å². The number of ether oxygens (including phenoxy) is 1. The first-order valence-electron chi connectivity index (χ1n) is 8.87. The summed E-state index contributed by atoms with van der Waals surface area (Å²) in [7, 11) is 0. The van der Waals surface area contributed by atoms with Crippen LogP contribution in [0.4, 0.5) is 0 Å². The Bertz CT molecular complexity index is 874. The number of rotatable bonds is 6. The van der Waals surface area contributed by atoms with Crippen LogP contribution in [0.3, 0.4) is 0 Å². The molecule has 0 N–H and O–H groups in total. The molecule has 0 aliphatic carbocycles. The average Bonchev–Trinajstić information content (AvgIpc) is 3.18. The number of halogens is 1. The summed E-state index contributed by atoms with van der Waals surface area (Å²) in [5.41, 5.74) is 2.08. The average molecular weight is 402 g/mol. The molecule has 1 aliphatic heterocycles. The van der Waals surface area contributed by atoms with E-state index in [0.717, 1.165) is 48.1 Å². The molecule has 1 aliphatic rings. The number of morpholine rings is 1. The normalized spacial score (nSPS) is 17.9. The highest BCUT2D eigenvalue weighted by atomic mass is 35.5. The van der Waals surface area contributed by atoms with Crippen molar-refractivity contribution in [1.82, 2.24) is 15.1 Å². The monoisotopic (exact) mass is 401 g/mol. The van der Waals surface area contributed by atoms with E-state index in [1.807, 2.05) is 48.5 Å². The van der Waals surface area contributed by atoms with E-state index in [9.17, 15) is 0 Å². The van der Waals surface area contributed by atoms with Crippen molar-refractivity contribution in [3.05, 3.63) is 65.2 Å². The molecule has 7 heteroatoms. The minimum absolute atomic E-state index is 0.123. The lowest BCUT2D eigenvalue weighted by Crippen LogP contribution is -2.43. The lowest BCUT2D eigenvalue weighted by atomic mass is 10.2. The van der Waals surface area contributed by atoms with E-state index < -0.39 is 0 Å². The van der Waals surface area contributed by atoms with Crippen LogP contribution < -0.4 is 0 Å². The molecule has 3 aromatic rings. The topological polar surface area (TPSA) is 51.4 Å². The van der Waals surface area contributed by atoms with Gasteiger partial charge in [-0.1, -0.05) is 59.8 Å². The van der Waals surface area contributed by atoms with Crippen molar-refractivity contribution in [2.24, 2.45) is 0 Å². The third kappa shape index (κ3) is 4.90. The van der Waals surface area contributed by atoms with Gasteiger partial charge in [0, 0.05) is 36.0 Å². The third-order valence-corrected chi connectivity index (χ3v) is 5.71. The Morgan fingerprint density at radius 2 is 1.89 bits per heavy atom. The Hall–Kier alpha value is -1.86. The second-order valence-corrected chi connectivity index (χ2v) is 7.75. The molecule has 0 radical (unpaired) electrons. The van der Waals surface area contributed by atoms with Crippen LogP contribution in [0.15, 0.2) is 64.2 Å². The quantitative estimate of drug-likeness (QED) is 0.571. The fourth-order valence-electron chi connectivity index (χ4n) is 3.02. The van der Waals surface area contributed by atoms with E-state index in [1.165, 1.54) is 11.8 Å². The van der Waals surface area contributed by atoms with Gasteiger partial charge in [-0.3, -0.25) is 4.90 Å². The van der Waals surface area contributed by atoms with Crippen molar-refractivity contribution in [2.75, 3.05) is 25.4 Å². The van der Waals surface area contributed by atoms with Gasteiger partial charge in [-0.25, -0.2) is 0 Å². The molecular formula is C20H20ClN3O2S. The molecule has 1 fully saturated rings. The SMILES string of the molecule is Clc1ccccc1CN1CCO[C@@H](CSc2nnc(-c3ccccc3)o2)C1. The van der Waals surface area contributed by atoms with E-state index in [1.54, 1.807) is 0 Å². The first-order chi connectivity index (χ1) is 13.3. The zero-order valence-corrected chi connectivity index (χ0v) is 16.3. The molecule has 0 saturated carbocycles. The van der Waals surface area contributed by atoms with Crippen molar-refractivity contribution in [2.45, 2.75) is 17.9 Å². The third-order valence-electron chi connectivity index (χ3n) is 4.39. The molecule has 5 nitrogen and oxygen atoms in total. The Balaban J connectivity index is 1.31. The van der Waals surface area contributed by atoms with Crippen molar-refractivity contribution in [1.29, 1.82) is 0 Å². The van der Waals surface area contributed by atoms with E-state index >= 15 is 0 Å². The van der Waals surface area contributed by atoms with Gasteiger partial charge in [-0.05, 0) is 23.8 Å². The summed E-state index contributed by atoms with van der Waals surface area (Å²) in [5.74, 6) is 1.32. The molecular weight excluding hydrogens is 382 g/mol. The van der Waals surface area contributed by atoms with Crippen LogP contribution in [0, 0.1) is 0 Å². The van der Waals surface area contributed by atoms with Gasteiger partial charge in [0.1, 0.15) is 0 Å². The summed E-state index contributed by atoms with van der Waals surface area (Å²) in [6.45, 7) is 3.32. The molecule has 0 bridgehead atoms. The Kier molecular flexibility index (Phi) is 6.09. The highest BCUT2D eigenvalue weighted by Gasteiger charge is 2.22. The molecule has 2 heterocycles. The number of hydrogen-bond donors (Lipinski definition) is 0. The minimum Gasteiger partial charge on any atom is -0.411 e. The van der Waals surface area contributed by atoms with Crippen LogP contribution in [0.5, 0.6) is 0 Å². The van der Waals surface area contributed by atoms with Gasteiger partial charge in [-0.2, -0.15) is 0 Å². The first-order valence-corrected chi connectivity index (χ1v) is 10.2. The van der Waals surface area contributed by atoms with Crippen LogP contribution in [-0.4, -0.2) is 46.7 Å². The largest absolute Gasteiger partial charge is 0.411 e. The van der Waals surface area contributed by atoms with Crippen molar-refractivity contribution in [3.63, 3.8) is 0 Å². The number of hydrogen-bond acceptors (Lipinski definition) is 6. The second-order valence-electron chi connectivity index (χ2n) is 6.37. The highest BCUT2D eigenvalue weighted by molar-refractivity contribution is 7.99. The summed E-state index contributed by atoms with van der Waals surface area (Å²) in [4.78, 5) is 2.37. The zero-order valence-electron chi connectivity index (χ0n) is 14.8. The van der Waals surface area contributed by atoms with Gasteiger partial charge in [0.2, 0.25) is 5.89 Å². The Morgan fingerprint density at radius 3 is 2.74 bits per heavy atom. The molecule has 0 spiro atoms. The molecule has 4 rings (SSSR count). The van der Waals surface area contributed by atoms with Crippen LogP contribution in [-0.2, 0) is 11.3 Å². The maximum Gasteiger partial charge on any atom is 0.276 e. The predicted molar refractivity (Wildman–Crippen MR) is 107 cm³/mol. The van der Waals surface area contributed by atoms with Gasteiger partial charge in [0.15, 0.2) is 0 Å². The number of nitrogens with zero attached hydrogens (tertiary/aromatic N) is 3. The van der Waals surface area contributed by atoms with Crippen molar-refractivity contribution >= 4 is 23.4 Å². The number of benzene rings is 2. The van der Waals surface area contributed by atoms with Gasteiger partial charge in [0.25, 0.3) is 5.22 Å². The number of thioether (sulfide) groups is 1. The summed E-state index contributed by atoms with van der Waals surface area (Å²) in [5, 5.41) is 9.65. The first kappa shape index (κ1) is 18.5. The van der Waals surface area contributed by atoms with Crippen LogP contribution >= 0.6 is 23.4 Å². The van der Waals surface area contributed by atoms with E-state index in [-0.39, 0.29) is 6.10 Å². The lowest BCUT2D eigenvalue weighted by Gasteiger charge is -2.32. The predicted octanol–water partition coefficient (Wildman–Crippen LogP) is 4.38. The highest BCUT2D eigenvalue weighted by Crippen LogP contribution is 2.25. The smallest absolute Gasteiger partial charge is 0.276 e. The standard InChI is InChI=1S/C20H20ClN3O2S/c21-18-9-5-4-8-16(18)12-24-10-11-25-17(13-24)14-27-20-23-22-19(26-20)15-6-2-1-3-7-15/h1-9,17H,10-14H2/t17-/m1/s1. The van der Waals surface area contributed by atoms with E-state index in [4.69, 9.17) is 20.8 Å². The maximum atomic E-state index is 6.28. The summed E-state index contributed by atoms with van der Waals surface area (Å²) < 4.78 is 11.7. The van der Waals surface area contributed by atoms with Gasteiger partial charge in [-0.15, -0.1) is 10.2 Å². The molecule has 1 saturated heterocycles. The molecule has 2 aromatic carbocycles. The molecule has 0 amide bonds. The Morgan fingerprint density at radius 1 is 1.07 bits per heavy atom. The van der Waals surface area contributed by atoms with Crippen LogP contribution in [0.1, 0.15) is 5.56 Å². The fraction of sp³-hybridized carbons (Fsp3) is 0.300.